The molecule has 0 aromatic carbocycles. The van der Waals surface area contributed by atoms with E-state index in [1.807, 2.05) is 17.5 Å². The molecular formula is C7H11NaO3S2. The summed E-state index contributed by atoms with van der Waals surface area (Å²) < 4.78 is 29.1. The summed E-state index contributed by atoms with van der Waals surface area (Å²) in [6, 6.07) is 3.88. The van der Waals surface area contributed by atoms with Gasteiger partial charge in [0.05, 0.1) is 5.75 Å². The second-order valence-corrected chi connectivity index (χ2v) is 5.07. The Morgan fingerprint density at radius 3 is 2.62 bits per heavy atom. The fourth-order valence-corrected chi connectivity index (χ4v) is 2.14. The van der Waals surface area contributed by atoms with E-state index in [9.17, 15) is 8.42 Å². The average Bonchev–Trinajstić information content (AvgIpc) is 2.36. The van der Waals surface area contributed by atoms with Gasteiger partial charge >= 0.3 is 29.6 Å². The zero-order chi connectivity index (χ0) is 9.03. The Kier molecular flexibility index (Phi) is 6.45. The maximum atomic E-state index is 10.3. The number of rotatable bonds is 4. The van der Waals surface area contributed by atoms with Crippen LogP contribution in [0.15, 0.2) is 17.5 Å². The van der Waals surface area contributed by atoms with Gasteiger partial charge in [0, 0.05) is 4.88 Å². The predicted molar refractivity (Wildman–Crippen MR) is 56.2 cm³/mol. The van der Waals surface area contributed by atoms with Crippen LogP contribution >= 0.6 is 11.3 Å². The van der Waals surface area contributed by atoms with Crippen molar-refractivity contribution >= 4 is 51.0 Å². The molecule has 0 aliphatic heterocycles. The van der Waals surface area contributed by atoms with Crippen LogP contribution in [0.5, 0.6) is 0 Å². The van der Waals surface area contributed by atoms with E-state index >= 15 is 0 Å². The third-order valence-electron chi connectivity index (χ3n) is 1.41. The Balaban J connectivity index is 0.00000144. The first kappa shape index (κ1) is 13.6. The molecule has 1 aromatic rings. The van der Waals surface area contributed by atoms with E-state index in [1.165, 1.54) is 0 Å². The third-order valence-corrected chi connectivity index (χ3v) is 3.15. The van der Waals surface area contributed by atoms with Gasteiger partial charge in [0.1, 0.15) is 0 Å². The number of aryl methyl sites for hydroxylation is 1. The van der Waals surface area contributed by atoms with Crippen molar-refractivity contribution in [1.29, 1.82) is 0 Å². The zero-order valence-electron chi connectivity index (χ0n) is 6.43. The second-order valence-electron chi connectivity index (χ2n) is 2.47. The quantitative estimate of drug-likeness (QED) is 0.618. The van der Waals surface area contributed by atoms with Crippen molar-refractivity contribution in [2.75, 3.05) is 5.75 Å². The Bertz CT molecular complexity index is 318. The molecular weight excluding hydrogens is 219 g/mol. The average molecular weight is 230 g/mol. The van der Waals surface area contributed by atoms with Gasteiger partial charge in [0.2, 0.25) is 0 Å². The number of hydrogen-bond acceptors (Lipinski definition) is 3. The summed E-state index contributed by atoms with van der Waals surface area (Å²) in [6.45, 7) is 0. The molecule has 6 heteroatoms. The Morgan fingerprint density at radius 2 is 2.15 bits per heavy atom. The molecule has 3 nitrogen and oxygen atoms in total. The number of hydrogen-bond donors (Lipinski definition) is 1. The van der Waals surface area contributed by atoms with Crippen LogP contribution < -0.4 is 0 Å². The molecule has 0 atom stereocenters. The van der Waals surface area contributed by atoms with E-state index in [2.05, 4.69) is 0 Å². The van der Waals surface area contributed by atoms with Crippen molar-refractivity contribution in [3.8, 4) is 0 Å². The monoisotopic (exact) mass is 230 g/mol. The molecule has 1 aromatic heterocycles. The van der Waals surface area contributed by atoms with Gasteiger partial charge in [-0.05, 0) is 24.3 Å². The van der Waals surface area contributed by atoms with Crippen LogP contribution in [0.4, 0.5) is 0 Å². The summed E-state index contributed by atoms with van der Waals surface area (Å²) in [6.07, 6.45) is 1.21. The summed E-state index contributed by atoms with van der Waals surface area (Å²) in [4.78, 5) is 1.15. The summed E-state index contributed by atoms with van der Waals surface area (Å²) >= 11 is 1.60. The zero-order valence-corrected chi connectivity index (χ0v) is 8.07. The fraction of sp³-hybridized carbons (Fsp3) is 0.429. The number of thiophene rings is 1. The Morgan fingerprint density at radius 1 is 1.46 bits per heavy atom. The van der Waals surface area contributed by atoms with Crippen LogP contribution in [-0.4, -0.2) is 48.3 Å². The molecule has 0 spiro atoms. The van der Waals surface area contributed by atoms with Gasteiger partial charge in [-0.3, -0.25) is 4.55 Å². The van der Waals surface area contributed by atoms with Gasteiger partial charge in [-0.1, -0.05) is 6.07 Å². The minimum atomic E-state index is -3.77. The van der Waals surface area contributed by atoms with Crippen LogP contribution in [0.3, 0.4) is 0 Å². The Hall–Kier alpha value is 0.610. The molecule has 1 heterocycles. The third kappa shape index (κ3) is 6.65. The first-order valence-corrected chi connectivity index (χ1v) is 6.04. The second kappa shape index (κ2) is 6.16. The van der Waals surface area contributed by atoms with Crippen molar-refractivity contribution in [3.63, 3.8) is 0 Å². The maximum absolute atomic E-state index is 10.3. The van der Waals surface area contributed by atoms with Crippen molar-refractivity contribution in [2.45, 2.75) is 12.8 Å². The summed E-state index contributed by atoms with van der Waals surface area (Å²) in [5.74, 6) is -0.148. The van der Waals surface area contributed by atoms with E-state index in [0.29, 0.717) is 6.42 Å². The van der Waals surface area contributed by atoms with E-state index < -0.39 is 10.1 Å². The van der Waals surface area contributed by atoms with Crippen LogP contribution in [0.2, 0.25) is 0 Å². The molecule has 0 aliphatic carbocycles. The van der Waals surface area contributed by atoms with Gasteiger partial charge in [0.25, 0.3) is 10.1 Å². The molecule has 0 amide bonds. The normalized spacial score (nSPS) is 10.8. The van der Waals surface area contributed by atoms with E-state index in [0.717, 1.165) is 11.3 Å². The van der Waals surface area contributed by atoms with Crippen LogP contribution in [0, 0.1) is 0 Å². The van der Waals surface area contributed by atoms with E-state index in [4.69, 9.17) is 4.55 Å². The van der Waals surface area contributed by atoms with Gasteiger partial charge in [-0.15, -0.1) is 11.3 Å². The molecule has 70 valence electrons. The molecule has 0 radical (unpaired) electrons. The van der Waals surface area contributed by atoms with E-state index in [1.54, 1.807) is 11.3 Å². The van der Waals surface area contributed by atoms with Crippen molar-refractivity contribution in [2.24, 2.45) is 0 Å². The standard InChI is InChI=1S/C7H10O3S2.Na.H/c8-12(9,10)6-2-4-7-3-1-5-11-7;;/h1,3,5H,2,4,6H2,(H,8,9,10);;. The van der Waals surface area contributed by atoms with Gasteiger partial charge < -0.3 is 0 Å². The van der Waals surface area contributed by atoms with Crippen LogP contribution in [0.1, 0.15) is 11.3 Å². The molecule has 0 aliphatic rings. The minimum absolute atomic E-state index is 0. The van der Waals surface area contributed by atoms with Crippen LogP contribution in [0.25, 0.3) is 0 Å². The van der Waals surface area contributed by atoms with Crippen molar-refractivity contribution in [1.82, 2.24) is 0 Å². The molecule has 13 heavy (non-hydrogen) atoms. The first-order chi connectivity index (χ1) is 5.58. The molecule has 0 unspecified atom stereocenters. The summed E-state index contributed by atoms with van der Waals surface area (Å²) in [5, 5.41) is 1.95. The fourth-order valence-electron chi connectivity index (χ4n) is 0.884. The van der Waals surface area contributed by atoms with Gasteiger partial charge in [-0.2, -0.15) is 8.42 Å². The SMILES string of the molecule is O=S(=O)(O)CCCc1cccs1.[NaH]. The Labute approximate surface area is 104 Å². The van der Waals surface area contributed by atoms with Gasteiger partial charge in [-0.25, -0.2) is 0 Å². The van der Waals surface area contributed by atoms with Crippen LogP contribution in [-0.2, 0) is 16.5 Å². The topological polar surface area (TPSA) is 54.4 Å². The predicted octanol–water partition coefficient (Wildman–Crippen LogP) is 0.920. The van der Waals surface area contributed by atoms with Crippen molar-refractivity contribution in [3.05, 3.63) is 22.4 Å². The van der Waals surface area contributed by atoms with E-state index in [-0.39, 0.29) is 35.3 Å². The van der Waals surface area contributed by atoms with Crippen molar-refractivity contribution < 1.29 is 13.0 Å². The first-order valence-electron chi connectivity index (χ1n) is 3.55. The molecule has 0 saturated heterocycles. The molecule has 1 N–H and O–H groups in total. The molecule has 0 bridgehead atoms. The van der Waals surface area contributed by atoms with Gasteiger partial charge in [0.15, 0.2) is 0 Å². The summed E-state index contributed by atoms with van der Waals surface area (Å²) in [5.41, 5.74) is 0. The summed E-state index contributed by atoms with van der Waals surface area (Å²) in [7, 11) is -3.77. The molecule has 0 fully saturated rings. The molecule has 0 saturated carbocycles. The molecule has 1 rings (SSSR count).